The Morgan fingerprint density at radius 1 is 1.12 bits per heavy atom. The van der Waals surface area contributed by atoms with Crippen LogP contribution in [0.1, 0.15) is 0 Å². The molecule has 0 saturated heterocycles. The molecule has 3 heteroatoms. The Balaban J connectivity index is 2.48. The van der Waals surface area contributed by atoms with Gasteiger partial charge in [-0.1, -0.05) is 12.1 Å². The standard InChI is InChI=1S/C13H12FNO/c1-16-11-5-6-12(13(15)8-11)9-3-2-4-10(14)7-9/h2-8H,15H2,1H3. The minimum Gasteiger partial charge on any atom is -0.497 e. The van der Waals surface area contributed by atoms with E-state index in [1.165, 1.54) is 12.1 Å². The number of anilines is 1. The number of hydrogen-bond acceptors (Lipinski definition) is 2. The van der Waals surface area contributed by atoms with Gasteiger partial charge in [0.05, 0.1) is 7.11 Å². The monoisotopic (exact) mass is 217 g/mol. The first-order valence-electron chi connectivity index (χ1n) is 4.90. The minimum absolute atomic E-state index is 0.271. The van der Waals surface area contributed by atoms with Crippen LogP contribution >= 0.6 is 0 Å². The van der Waals surface area contributed by atoms with Gasteiger partial charge in [0.2, 0.25) is 0 Å². The van der Waals surface area contributed by atoms with E-state index in [1.807, 2.05) is 12.1 Å². The molecule has 0 amide bonds. The number of ether oxygens (including phenoxy) is 1. The number of nitrogens with two attached hydrogens (primary N) is 1. The van der Waals surface area contributed by atoms with Gasteiger partial charge < -0.3 is 10.5 Å². The van der Waals surface area contributed by atoms with E-state index < -0.39 is 0 Å². The van der Waals surface area contributed by atoms with Crippen LogP contribution in [-0.4, -0.2) is 7.11 Å². The third kappa shape index (κ3) is 1.98. The zero-order valence-electron chi connectivity index (χ0n) is 8.91. The molecule has 2 rings (SSSR count). The molecule has 0 bridgehead atoms. The van der Waals surface area contributed by atoms with E-state index in [0.29, 0.717) is 11.4 Å². The van der Waals surface area contributed by atoms with Crippen molar-refractivity contribution in [2.75, 3.05) is 12.8 Å². The first kappa shape index (κ1) is 10.5. The quantitative estimate of drug-likeness (QED) is 0.784. The van der Waals surface area contributed by atoms with Crippen molar-refractivity contribution in [1.82, 2.24) is 0 Å². The largest absolute Gasteiger partial charge is 0.497 e. The highest BCUT2D eigenvalue weighted by molar-refractivity contribution is 5.77. The average molecular weight is 217 g/mol. The molecule has 0 radical (unpaired) electrons. The molecule has 0 spiro atoms. The van der Waals surface area contributed by atoms with Crippen molar-refractivity contribution in [2.45, 2.75) is 0 Å². The molecule has 0 heterocycles. The third-order valence-corrected chi connectivity index (χ3v) is 2.39. The molecular formula is C13H12FNO. The highest BCUT2D eigenvalue weighted by Crippen LogP contribution is 2.29. The Kier molecular flexibility index (Phi) is 2.77. The summed E-state index contributed by atoms with van der Waals surface area (Å²) in [5, 5.41) is 0. The smallest absolute Gasteiger partial charge is 0.123 e. The third-order valence-electron chi connectivity index (χ3n) is 2.39. The molecule has 0 aliphatic carbocycles. The Bertz CT molecular complexity index is 511. The maximum atomic E-state index is 13.1. The van der Waals surface area contributed by atoms with Crippen molar-refractivity contribution in [2.24, 2.45) is 0 Å². The first-order valence-corrected chi connectivity index (χ1v) is 4.90. The predicted octanol–water partition coefficient (Wildman–Crippen LogP) is 3.08. The summed E-state index contributed by atoms with van der Waals surface area (Å²) in [6, 6.07) is 11.7. The second-order valence-corrected chi connectivity index (χ2v) is 3.46. The number of nitrogen functional groups attached to an aromatic ring is 1. The van der Waals surface area contributed by atoms with E-state index in [4.69, 9.17) is 10.5 Å². The van der Waals surface area contributed by atoms with Crippen molar-refractivity contribution in [3.05, 3.63) is 48.3 Å². The van der Waals surface area contributed by atoms with Gasteiger partial charge in [-0.25, -0.2) is 4.39 Å². The normalized spacial score (nSPS) is 10.1. The van der Waals surface area contributed by atoms with E-state index in [2.05, 4.69) is 0 Å². The zero-order chi connectivity index (χ0) is 11.5. The van der Waals surface area contributed by atoms with Crippen LogP contribution in [-0.2, 0) is 0 Å². The molecule has 16 heavy (non-hydrogen) atoms. The number of halogens is 1. The Morgan fingerprint density at radius 2 is 1.94 bits per heavy atom. The van der Waals surface area contributed by atoms with Crippen LogP contribution < -0.4 is 10.5 Å². The van der Waals surface area contributed by atoms with E-state index >= 15 is 0 Å². The summed E-state index contributed by atoms with van der Waals surface area (Å²) in [6.07, 6.45) is 0. The summed E-state index contributed by atoms with van der Waals surface area (Å²) in [5.74, 6) is 0.422. The zero-order valence-corrected chi connectivity index (χ0v) is 8.91. The van der Waals surface area contributed by atoms with Crippen molar-refractivity contribution in [3.63, 3.8) is 0 Å². The van der Waals surface area contributed by atoms with Crippen molar-refractivity contribution in [1.29, 1.82) is 0 Å². The van der Waals surface area contributed by atoms with Crippen LogP contribution in [0.4, 0.5) is 10.1 Å². The molecule has 0 saturated carbocycles. The number of hydrogen-bond donors (Lipinski definition) is 1. The van der Waals surface area contributed by atoms with Crippen LogP contribution in [0.5, 0.6) is 5.75 Å². The maximum absolute atomic E-state index is 13.1. The van der Waals surface area contributed by atoms with E-state index in [0.717, 1.165) is 11.1 Å². The molecule has 0 fully saturated rings. The molecule has 0 unspecified atom stereocenters. The maximum Gasteiger partial charge on any atom is 0.123 e. The van der Waals surface area contributed by atoms with Gasteiger partial charge in [-0.2, -0.15) is 0 Å². The Hall–Kier alpha value is -2.03. The summed E-state index contributed by atoms with van der Waals surface area (Å²) in [7, 11) is 1.58. The van der Waals surface area contributed by atoms with Crippen molar-refractivity contribution >= 4 is 5.69 Å². The number of rotatable bonds is 2. The lowest BCUT2D eigenvalue weighted by molar-refractivity contribution is 0.415. The second kappa shape index (κ2) is 4.23. The van der Waals surface area contributed by atoms with Gasteiger partial charge in [-0.15, -0.1) is 0 Å². The second-order valence-electron chi connectivity index (χ2n) is 3.46. The van der Waals surface area contributed by atoms with Gasteiger partial charge in [0.15, 0.2) is 0 Å². The van der Waals surface area contributed by atoms with Crippen molar-refractivity contribution in [3.8, 4) is 16.9 Å². The van der Waals surface area contributed by atoms with Crippen LogP contribution in [0.2, 0.25) is 0 Å². The average Bonchev–Trinajstić information content (AvgIpc) is 2.28. The topological polar surface area (TPSA) is 35.2 Å². The molecule has 2 nitrogen and oxygen atoms in total. The van der Waals surface area contributed by atoms with Crippen molar-refractivity contribution < 1.29 is 9.13 Å². The van der Waals surface area contributed by atoms with Gasteiger partial charge in [-0.05, 0) is 29.8 Å². The molecule has 0 atom stereocenters. The molecule has 0 aromatic heterocycles. The Labute approximate surface area is 93.5 Å². The van der Waals surface area contributed by atoms with E-state index in [9.17, 15) is 4.39 Å². The van der Waals surface area contributed by atoms with Crippen LogP contribution in [0.3, 0.4) is 0 Å². The fourth-order valence-corrected chi connectivity index (χ4v) is 1.59. The lowest BCUT2D eigenvalue weighted by Crippen LogP contribution is -1.92. The summed E-state index contributed by atoms with van der Waals surface area (Å²) in [5.41, 5.74) is 8.02. The molecule has 2 aromatic rings. The number of benzene rings is 2. The molecule has 0 aliphatic rings. The molecule has 2 N–H and O–H groups in total. The summed E-state index contributed by atoms with van der Waals surface area (Å²) >= 11 is 0. The lowest BCUT2D eigenvalue weighted by Gasteiger charge is -2.08. The summed E-state index contributed by atoms with van der Waals surface area (Å²) < 4.78 is 18.1. The van der Waals surface area contributed by atoms with E-state index in [1.54, 1.807) is 25.3 Å². The van der Waals surface area contributed by atoms with Gasteiger partial charge in [-0.3, -0.25) is 0 Å². The minimum atomic E-state index is -0.271. The van der Waals surface area contributed by atoms with Crippen LogP contribution in [0.15, 0.2) is 42.5 Å². The number of methoxy groups -OCH3 is 1. The fourth-order valence-electron chi connectivity index (χ4n) is 1.59. The molecule has 2 aromatic carbocycles. The first-order chi connectivity index (χ1) is 7.70. The summed E-state index contributed by atoms with van der Waals surface area (Å²) in [6.45, 7) is 0. The van der Waals surface area contributed by atoms with Crippen LogP contribution in [0.25, 0.3) is 11.1 Å². The highest BCUT2D eigenvalue weighted by atomic mass is 19.1. The molecule has 0 aliphatic heterocycles. The predicted molar refractivity (Wildman–Crippen MR) is 62.8 cm³/mol. The summed E-state index contributed by atoms with van der Waals surface area (Å²) in [4.78, 5) is 0. The van der Waals surface area contributed by atoms with Crippen LogP contribution in [0, 0.1) is 5.82 Å². The molecular weight excluding hydrogens is 205 g/mol. The Morgan fingerprint density at radius 3 is 2.56 bits per heavy atom. The fraction of sp³-hybridized carbons (Fsp3) is 0.0769. The van der Waals surface area contributed by atoms with Gasteiger partial charge >= 0.3 is 0 Å². The van der Waals surface area contributed by atoms with Gasteiger partial charge in [0, 0.05) is 17.3 Å². The molecule has 82 valence electrons. The van der Waals surface area contributed by atoms with Gasteiger partial charge in [0.1, 0.15) is 11.6 Å². The van der Waals surface area contributed by atoms with Gasteiger partial charge in [0.25, 0.3) is 0 Å². The SMILES string of the molecule is COc1ccc(-c2cccc(F)c2)c(N)c1. The highest BCUT2D eigenvalue weighted by Gasteiger charge is 2.04. The van der Waals surface area contributed by atoms with E-state index in [-0.39, 0.29) is 5.82 Å². The lowest BCUT2D eigenvalue weighted by atomic mass is 10.0.